The summed E-state index contributed by atoms with van der Waals surface area (Å²) in [5, 5.41) is 8.97. The minimum atomic E-state index is -4.77. The minimum absolute atomic E-state index is 0.114. The topological polar surface area (TPSA) is 55.1 Å². The lowest BCUT2D eigenvalue weighted by Gasteiger charge is -2.11. The molecular formula is C15H11F3N2O2. The average Bonchev–Trinajstić information content (AvgIpc) is 2.46. The molecule has 0 N–H and O–H groups in total. The minimum Gasteiger partial charge on any atom is -0.494 e. The third kappa shape index (κ3) is 4.12. The summed E-state index contributed by atoms with van der Waals surface area (Å²) in [7, 11) is 0. The van der Waals surface area contributed by atoms with Gasteiger partial charge in [-0.25, -0.2) is 4.98 Å². The van der Waals surface area contributed by atoms with E-state index in [9.17, 15) is 13.2 Å². The normalized spacial score (nSPS) is 10.9. The van der Waals surface area contributed by atoms with Crippen molar-refractivity contribution < 1.29 is 22.6 Å². The summed E-state index contributed by atoms with van der Waals surface area (Å²) in [4.78, 5) is 4.06. The maximum absolute atomic E-state index is 12.3. The van der Waals surface area contributed by atoms with Crippen LogP contribution in [0.5, 0.6) is 11.5 Å². The van der Waals surface area contributed by atoms with Crippen molar-refractivity contribution in [2.75, 3.05) is 6.61 Å². The first kappa shape index (κ1) is 15.6. The van der Waals surface area contributed by atoms with E-state index in [1.165, 1.54) is 24.3 Å². The second-order valence-electron chi connectivity index (χ2n) is 4.19. The monoisotopic (exact) mass is 308 g/mol. The van der Waals surface area contributed by atoms with Crippen LogP contribution in [0.2, 0.25) is 0 Å². The van der Waals surface area contributed by atoms with Crippen LogP contribution >= 0.6 is 0 Å². The Morgan fingerprint density at radius 1 is 1.18 bits per heavy atom. The second kappa shape index (κ2) is 6.35. The number of pyridine rings is 1. The lowest BCUT2D eigenvalue weighted by molar-refractivity contribution is -0.274. The molecule has 0 atom stereocenters. The SMILES string of the molecule is CCOc1cc(C#N)nc(-c2cccc(OC(F)(F)F)c2)c1. The van der Waals surface area contributed by atoms with E-state index in [-0.39, 0.29) is 11.4 Å². The number of halogens is 3. The first-order valence-corrected chi connectivity index (χ1v) is 6.32. The van der Waals surface area contributed by atoms with Crippen LogP contribution in [0.25, 0.3) is 11.3 Å². The molecule has 0 radical (unpaired) electrons. The van der Waals surface area contributed by atoms with Gasteiger partial charge in [-0.15, -0.1) is 13.2 Å². The first-order chi connectivity index (χ1) is 10.4. The molecule has 0 aliphatic heterocycles. The number of hydrogen-bond donors (Lipinski definition) is 0. The van der Waals surface area contributed by atoms with Gasteiger partial charge in [0.1, 0.15) is 23.3 Å². The van der Waals surface area contributed by atoms with Crippen LogP contribution in [-0.4, -0.2) is 18.0 Å². The van der Waals surface area contributed by atoms with Crippen molar-refractivity contribution in [2.45, 2.75) is 13.3 Å². The third-order valence-electron chi connectivity index (χ3n) is 2.59. The number of nitriles is 1. The summed E-state index contributed by atoms with van der Waals surface area (Å²) in [6, 6.07) is 10.3. The fraction of sp³-hybridized carbons (Fsp3) is 0.200. The third-order valence-corrected chi connectivity index (χ3v) is 2.59. The molecule has 0 fully saturated rings. The molecule has 0 bridgehead atoms. The molecule has 0 saturated heterocycles. The Labute approximate surface area is 124 Å². The zero-order valence-electron chi connectivity index (χ0n) is 11.5. The molecule has 4 nitrogen and oxygen atoms in total. The highest BCUT2D eigenvalue weighted by atomic mass is 19.4. The highest BCUT2D eigenvalue weighted by molar-refractivity contribution is 5.63. The first-order valence-electron chi connectivity index (χ1n) is 6.32. The van der Waals surface area contributed by atoms with Crippen LogP contribution in [-0.2, 0) is 0 Å². The molecule has 0 aliphatic rings. The molecule has 1 heterocycles. The van der Waals surface area contributed by atoms with Crippen molar-refractivity contribution in [1.29, 1.82) is 5.26 Å². The molecule has 1 aromatic heterocycles. The van der Waals surface area contributed by atoms with E-state index < -0.39 is 6.36 Å². The van der Waals surface area contributed by atoms with Crippen molar-refractivity contribution in [3.05, 3.63) is 42.1 Å². The Kier molecular flexibility index (Phi) is 4.51. The van der Waals surface area contributed by atoms with Gasteiger partial charge in [-0.2, -0.15) is 5.26 Å². The predicted octanol–water partition coefficient (Wildman–Crippen LogP) is 3.92. The largest absolute Gasteiger partial charge is 0.573 e. The van der Waals surface area contributed by atoms with Crippen LogP contribution in [0, 0.1) is 11.3 Å². The summed E-state index contributed by atoms with van der Waals surface area (Å²) in [5.41, 5.74) is 0.832. The molecule has 0 aliphatic carbocycles. The molecule has 1 aromatic carbocycles. The number of benzene rings is 1. The number of aromatic nitrogens is 1. The summed E-state index contributed by atoms with van der Waals surface area (Å²) in [6.07, 6.45) is -4.77. The van der Waals surface area contributed by atoms with Gasteiger partial charge >= 0.3 is 6.36 Å². The molecule has 0 amide bonds. The quantitative estimate of drug-likeness (QED) is 0.859. The van der Waals surface area contributed by atoms with E-state index in [4.69, 9.17) is 10.00 Å². The van der Waals surface area contributed by atoms with Gasteiger partial charge in [0, 0.05) is 17.7 Å². The number of nitrogens with zero attached hydrogens (tertiary/aromatic N) is 2. The Morgan fingerprint density at radius 2 is 1.95 bits per heavy atom. The molecule has 7 heteroatoms. The van der Waals surface area contributed by atoms with Gasteiger partial charge in [-0.1, -0.05) is 12.1 Å². The van der Waals surface area contributed by atoms with Crippen LogP contribution in [0.4, 0.5) is 13.2 Å². The maximum Gasteiger partial charge on any atom is 0.573 e. The van der Waals surface area contributed by atoms with Crippen molar-refractivity contribution in [3.8, 4) is 28.8 Å². The van der Waals surface area contributed by atoms with E-state index in [0.717, 1.165) is 0 Å². The molecule has 2 rings (SSSR count). The molecule has 0 spiro atoms. The van der Waals surface area contributed by atoms with Crippen molar-refractivity contribution in [1.82, 2.24) is 4.98 Å². The number of alkyl halides is 3. The molecule has 2 aromatic rings. The van der Waals surface area contributed by atoms with Crippen molar-refractivity contribution in [2.24, 2.45) is 0 Å². The smallest absolute Gasteiger partial charge is 0.494 e. The lowest BCUT2D eigenvalue weighted by atomic mass is 10.1. The second-order valence-corrected chi connectivity index (χ2v) is 4.19. The number of hydrogen-bond acceptors (Lipinski definition) is 4. The van der Waals surface area contributed by atoms with E-state index in [1.54, 1.807) is 19.1 Å². The van der Waals surface area contributed by atoms with E-state index in [1.807, 2.05) is 6.07 Å². The van der Waals surface area contributed by atoms with Crippen LogP contribution in [0.3, 0.4) is 0 Å². The molecule has 22 heavy (non-hydrogen) atoms. The summed E-state index contributed by atoms with van der Waals surface area (Å²) < 4.78 is 46.0. The number of rotatable bonds is 4. The summed E-state index contributed by atoms with van der Waals surface area (Å²) in [6.45, 7) is 2.18. The fourth-order valence-electron chi connectivity index (χ4n) is 1.81. The van der Waals surface area contributed by atoms with Gasteiger partial charge in [-0.3, -0.25) is 0 Å². The lowest BCUT2D eigenvalue weighted by Crippen LogP contribution is -2.17. The Bertz CT molecular complexity index is 709. The Morgan fingerprint density at radius 3 is 2.59 bits per heavy atom. The van der Waals surface area contributed by atoms with Crippen molar-refractivity contribution in [3.63, 3.8) is 0 Å². The van der Waals surface area contributed by atoms with E-state index in [0.29, 0.717) is 23.6 Å². The summed E-state index contributed by atoms with van der Waals surface area (Å²) in [5.74, 6) is 0.0679. The van der Waals surface area contributed by atoms with Gasteiger partial charge in [0.15, 0.2) is 0 Å². The molecule has 0 saturated carbocycles. The van der Waals surface area contributed by atoms with E-state index >= 15 is 0 Å². The zero-order valence-corrected chi connectivity index (χ0v) is 11.5. The van der Waals surface area contributed by atoms with Gasteiger partial charge in [-0.05, 0) is 19.1 Å². The maximum atomic E-state index is 12.3. The Balaban J connectivity index is 2.41. The van der Waals surface area contributed by atoms with Crippen LogP contribution in [0.15, 0.2) is 36.4 Å². The Hall–Kier alpha value is -2.75. The van der Waals surface area contributed by atoms with Gasteiger partial charge in [0.2, 0.25) is 0 Å². The van der Waals surface area contributed by atoms with Crippen molar-refractivity contribution >= 4 is 0 Å². The van der Waals surface area contributed by atoms with Gasteiger partial charge < -0.3 is 9.47 Å². The standard InChI is InChI=1S/C15H11F3N2O2/c1-2-21-13-7-11(9-19)20-14(8-13)10-4-3-5-12(6-10)22-15(16,17)18/h3-8H,2H2,1H3. The predicted molar refractivity (Wildman–Crippen MR) is 72.2 cm³/mol. The fourth-order valence-corrected chi connectivity index (χ4v) is 1.81. The molecule has 114 valence electrons. The van der Waals surface area contributed by atoms with Crippen LogP contribution in [0.1, 0.15) is 12.6 Å². The average molecular weight is 308 g/mol. The number of ether oxygens (including phenoxy) is 2. The molecular weight excluding hydrogens is 297 g/mol. The van der Waals surface area contributed by atoms with Gasteiger partial charge in [0.25, 0.3) is 0 Å². The van der Waals surface area contributed by atoms with E-state index in [2.05, 4.69) is 9.72 Å². The van der Waals surface area contributed by atoms with Crippen LogP contribution < -0.4 is 9.47 Å². The molecule has 0 unspecified atom stereocenters. The zero-order chi connectivity index (χ0) is 16.2. The summed E-state index contributed by atoms with van der Waals surface area (Å²) >= 11 is 0. The highest BCUT2D eigenvalue weighted by Crippen LogP contribution is 2.29. The highest BCUT2D eigenvalue weighted by Gasteiger charge is 2.31. The van der Waals surface area contributed by atoms with Gasteiger partial charge in [0.05, 0.1) is 12.3 Å².